The molecule has 0 radical (unpaired) electrons. The van der Waals surface area contributed by atoms with E-state index in [-0.39, 0.29) is 0 Å². The van der Waals surface area contributed by atoms with Crippen molar-refractivity contribution in [3.63, 3.8) is 0 Å². The van der Waals surface area contributed by atoms with Gasteiger partial charge in [-0.3, -0.25) is 0 Å². The molecule has 0 aromatic rings. The third kappa shape index (κ3) is 1.52. The topological polar surface area (TPSA) is 24.5 Å². The van der Waals surface area contributed by atoms with Crippen molar-refractivity contribution in [1.29, 1.82) is 0 Å². The van der Waals surface area contributed by atoms with Gasteiger partial charge in [0.2, 0.25) is 0 Å². The zero-order valence-corrected chi connectivity index (χ0v) is 9.95. The summed E-state index contributed by atoms with van der Waals surface area (Å²) in [6, 6.07) is 1.71. The highest BCUT2D eigenvalue weighted by molar-refractivity contribution is 5.01. The Kier molecular flexibility index (Phi) is 2.12. The third-order valence-electron chi connectivity index (χ3n) is 5.02. The molecule has 0 aromatic carbocycles. The Morgan fingerprint density at radius 3 is 2.38 bits per heavy atom. The van der Waals surface area contributed by atoms with Crippen LogP contribution in [0.15, 0.2) is 0 Å². The van der Waals surface area contributed by atoms with E-state index in [0.29, 0.717) is 5.41 Å². The maximum absolute atomic E-state index is 5.33. The third-order valence-corrected chi connectivity index (χ3v) is 5.02. The lowest BCUT2D eigenvalue weighted by Crippen LogP contribution is -2.66. The van der Waals surface area contributed by atoms with Crippen LogP contribution in [0.25, 0.3) is 0 Å². The van der Waals surface area contributed by atoms with Crippen molar-refractivity contribution >= 4 is 0 Å². The fourth-order valence-electron chi connectivity index (χ4n) is 4.29. The molecule has 4 aliphatic heterocycles. The lowest BCUT2D eigenvalue weighted by atomic mass is 9.77. The van der Waals surface area contributed by atoms with Gasteiger partial charge in [-0.15, -0.1) is 0 Å². The first-order valence-electron chi connectivity index (χ1n) is 6.88. The Morgan fingerprint density at radius 1 is 1.12 bits per heavy atom. The van der Waals surface area contributed by atoms with Crippen LogP contribution < -0.4 is 5.32 Å². The number of ether oxygens (including phenoxy) is 1. The minimum atomic E-state index is 0.603. The molecule has 3 atom stereocenters. The van der Waals surface area contributed by atoms with Gasteiger partial charge in [0.15, 0.2) is 0 Å². The first-order chi connectivity index (χ1) is 7.81. The average Bonchev–Trinajstić information content (AvgIpc) is 2.48. The SMILES string of the molecule is C1C[C@H]2CC(CN3CC4(COC4)C3)C[C@@H]1N2. The predicted octanol–water partition coefficient (Wildman–Crippen LogP) is 0.849. The number of rotatable bonds is 2. The zero-order valence-electron chi connectivity index (χ0n) is 9.95. The smallest absolute Gasteiger partial charge is 0.0569 e. The van der Waals surface area contributed by atoms with E-state index in [9.17, 15) is 0 Å². The molecule has 0 aromatic heterocycles. The van der Waals surface area contributed by atoms with Gasteiger partial charge in [0.25, 0.3) is 0 Å². The molecule has 4 rings (SSSR count). The molecule has 16 heavy (non-hydrogen) atoms. The Labute approximate surface area is 97.5 Å². The van der Waals surface area contributed by atoms with Gasteiger partial charge >= 0.3 is 0 Å². The fraction of sp³-hybridized carbons (Fsp3) is 1.00. The molecule has 4 fully saturated rings. The number of fused-ring (bicyclic) bond motifs is 2. The van der Waals surface area contributed by atoms with E-state index in [1.807, 2.05) is 0 Å². The van der Waals surface area contributed by atoms with Gasteiger partial charge in [0.05, 0.1) is 13.2 Å². The highest BCUT2D eigenvalue weighted by atomic mass is 16.5. The van der Waals surface area contributed by atoms with Gasteiger partial charge in [0.1, 0.15) is 0 Å². The molecule has 0 saturated carbocycles. The van der Waals surface area contributed by atoms with Crippen molar-refractivity contribution < 1.29 is 4.74 Å². The normalized spacial score (nSPS) is 45.4. The minimum Gasteiger partial charge on any atom is -0.380 e. The molecule has 1 N–H and O–H groups in total. The summed E-state index contributed by atoms with van der Waals surface area (Å²) >= 11 is 0. The van der Waals surface area contributed by atoms with E-state index >= 15 is 0 Å². The van der Waals surface area contributed by atoms with Gasteiger partial charge in [-0.25, -0.2) is 0 Å². The van der Waals surface area contributed by atoms with Crippen LogP contribution in [0.1, 0.15) is 25.7 Å². The van der Waals surface area contributed by atoms with Crippen molar-refractivity contribution in [3.8, 4) is 0 Å². The molecule has 4 saturated heterocycles. The molecule has 1 spiro atoms. The van der Waals surface area contributed by atoms with Crippen molar-refractivity contribution in [2.24, 2.45) is 11.3 Å². The molecular weight excluding hydrogens is 200 g/mol. The van der Waals surface area contributed by atoms with E-state index in [1.165, 1.54) is 45.3 Å². The molecule has 3 nitrogen and oxygen atoms in total. The van der Waals surface area contributed by atoms with Crippen LogP contribution in [0.2, 0.25) is 0 Å². The summed E-state index contributed by atoms with van der Waals surface area (Å²) in [5, 5.41) is 3.73. The Hall–Kier alpha value is -0.120. The number of nitrogens with one attached hydrogen (secondary N) is 1. The second-order valence-electron chi connectivity index (χ2n) is 6.64. The Morgan fingerprint density at radius 2 is 1.81 bits per heavy atom. The number of hydrogen-bond donors (Lipinski definition) is 1. The lowest BCUT2D eigenvalue weighted by molar-refractivity contribution is -0.191. The van der Waals surface area contributed by atoms with Crippen molar-refractivity contribution in [3.05, 3.63) is 0 Å². The van der Waals surface area contributed by atoms with Crippen LogP contribution >= 0.6 is 0 Å². The van der Waals surface area contributed by atoms with E-state index in [0.717, 1.165) is 31.2 Å². The van der Waals surface area contributed by atoms with E-state index in [4.69, 9.17) is 4.74 Å². The van der Waals surface area contributed by atoms with Crippen molar-refractivity contribution in [1.82, 2.24) is 10.2 Å². The van der Waals surface area contributed by atoms with E-state index in [1.54, 1.807) is 0 Å². The maximum atomic E-state index is 5.33. The van der Waals surface area contributed by atoms with Gasteiger partial charge in [-0.1, -0.05) is 0 Å². The number of hydrogen-bond acceptors (Lipinski definition) is 3. The molecule has 0 amide bonds. The summed E-state index contributed by atoms with van der Waals surface area (Å²) in [4.78, 5) is 2.66. The van der Waals surface area contributed by atoms with Crippen LogP contribution in [0.4, 0.5) is 0 Å². The minimum absolute atomic E-state index is 0.603. The standard InChI is InChI=1S/C13H22N2O/c1-2-12-4-10(3-11(1)14-12)5-15-6-13(7-15)8-16-9-13/h10-12,14H,1-9H2/t10?,11-,12+. The lowest BCUT2D eigenvalue weighted by Gasteiger charge is -2.56. The highest BCUT2D eigenvalue weighted by Crippen LogP contribution is 2.39. The monoisotopic (exact) mass is 222 g/mol. The van der Waals surface area contributed by atoms with E-state index < -0.39 is 0 Å². The van der Waals surface area contributed by atoms with Crippen LogP contribution in [-0.2, 0) is 4.74 Å². The summed E-state index contributed by atoms with van der Waals surface area (Å²) in [7, 11) is 0. The van der Waals surface area contributed by atoms with Crippen LogP contribution in [-0.4, -0.2) is 49.8 Å². The Balaban J connectivity index is 1.29. The molecule has 1 unspecified atom stereocenters. The van der Waals surface area contributed by atoms with Gasteiger partial charge in [0, 0.05) is 37.1 Å². The number of piperidine rings is 1. The molecule has 4 aliphatic rings. The molecular formula is C13H22N2O. The molecule has 0 aliphatic carbocycles. The van der Waals surface area contributed by atoms with Crippen LogP contribution in [0.5, 0.6) is 0 Å². The first-order valence-corrected chi connectivity index (χ1v) is 6.88. The molecule has 2 bridgehead atoms. The summed E-state index contributed by atoms with van der Waals surface area (Å²) < 4.78 is 5.33. The summed E-state index contributed by atoms with van der Waals surface area (Å²) in [6.45, 7) is 6.04. The quantitative estimate of drug-likeness (QED) is 0.749. The summed E-state index contributed by atoms with van der Waals surface area (Å²) in [6.07, 6.45) is 5.71. The van der Waals surface area contributed by atoms with Crippen molar-refractivity contribution in [2.45, 2.75) is 37.8 Å². The second kappa shape index (κ2) is 3.44. The van der Waals surface area contributed by atoms with Gasteiger partial charge < -0.3 is 15.0 Å². The molecule has 4 heterocycles. The first kappa shape index (κ1) is 9.86. The van der Waals surface area contributed by atoms with Crippen LogP contribution in [0, 0.1) is 11.3 Å². The van der Waals surface area contributed by atoms with Gasteiger partial charge in [-0.2, -0.15) is 0 Å². The largest absolute Gasteiger partial charge is 0.380 e. The van der Waals surface area contributed by atoms with Crippen LogP contribution in [0.3, 0.4) is 0 Å². The van der Waals surface area contributed by atoms with E-state index in [2.05, 4.69) is 10.2 Å². The van der Waals surface area contributed by atoms with Crippen molar-refractivity contribution in [2.75, 3.05) is 32.8 Å². The second-order valence-corrected chi connectivity index (χ2v) is 6.64. The maximum Gasteiger partial charge on any atom is 0.0569 e. The highest BCUT2D eigenvalue weighted by Gasteiger charge is 2.49. The molecule has 90 valence electrons. The van der Waals surface area contributed by atoms with Gasteiger partial charge in [-0.05, 0) is 31.6 Å². The summed E-state index contributed by atoms with van der Waals surface area (Å²) in [5.41, 5.74) is 0.603. The number of likely N-dealkylation sites (tertiary alicyclic amines) is 1. The fourth-order valence-corrected chi connectivity index (χ4v) is 4.29. The predicted molar refractivity (Wildman–Crippen MR) is 62.4 cm³/mol. The average molecular weight is 222 g/mol. The number of nitrogens with zero attached hydrogens (tertiary/aromatic N) is 1. The Bertz CT molecular complexity index is 270. The zero-order chi connectivity index (χ0) is 10.6. The summed E-state index contributed by atoms with van der Waals surface area (Å²) in [5.74, 6) is 0.970. The molecule has 3 heteroatoms.